The number of rotatable bonds is 10. The van der Waals surface area contributed by atoms with Gasteiger partial charge in [-0.25, -0.2) is 4.79 Å². The molecule has 2 aromatic carbocycles. The molecule has 0 aromatic heterocycles. The van der Waals surface area contributed by atoms with Crippen LogP contribution in [0.15, 0.2) is 48.5 Å². The maximum Gasteiger partial charge on any atom is 0.336 e. The normalized spacial score (nSPS) is 15.4. The molecule has 0 bridgehead atoms. The Morgan fingerprint density at radius 3 is 2.59 bits per heavy atom. The van der Waals surface area contributed by atoms with Crippen LogP contribution in [0.5, 0.6) is 5.75 Å². The summed E-state index contributed by atoms with van der Waals surface area (Å²) in [5.41, 5.74) is 2.49. The second-order valence-corrected chi connectivity index (χ2v) is 7.47. The number of hydrogen-bond donors (Lipinski definition) is 1. The van der Waals surface area contributed by atoms with Gasteiger partial charge in [-0.3, -0.25) is 0 Å². The zero-order valence-corrected chi connectivity index (χ0v) is 17.4. The number of carboxylic acid groups (broad SMARTS) is 1. The van der Waals surface area contributed by atoms with Crippen LogP contribution >= 0.6 is 0 Å². The molecule has 1 aliphatic rings. The molecule has 5 nitrogen and oxygen atoms in total. The minimum absolute atomic E-state index is 0.345. The van der Waals surface area contributed by atoms with Crippen molar-refractivity contribution in [2.24, 2.45) is 0 Å². The minimum Gasteiger partial charge on any atom is -0.492 e. The third-order valence-electron chi connectivity index (χ3n) is 5.63. The molecule has 1 heterocycles. The number of para-hydroxylation sites is 1. The van der Waals surface area contributed by atoms with E-state index in [0.717, 1.165) is 30.8 Å². The summed E-state index contributed by atoms with van der Waals surface area (Å²) in [7, 11) is 0. The van der Waals surface area contributed by atoms with Gasteiger partial charge in [-0.1, -0.05) is 37.3 Å². The van der Waals surface area contributed by atoms with Gasteiger partial charge in [0, 0.05) is 25.3 Å². The van der Waals surface area contributed by atoms with Gasteiger partial charge in [0.15, 0.2) is 5.60 Å². The molecular formula is C24H31NO4. The Hall–Kier alpha value is -2.53. The number of hydrogen-bond acceptors (Lipinski definition) is 4. The first-order valence-corrected chi connectivity index (χ1v) is 10.5. The van der Waals surface area contributed by atoms with Crippen LogP contribution in [0.2, 0.25) is 0 Å². The fourth-order valence-corrected chi connectivity index (χ4v) is 3.99. The van der Waals surface area contributed by atoms with E-state index in [0.29, 0.717) is 26.1 Å². The Labute approximate surface area is 173 Å². The van der Waals surface area contributed by atoms with E-state index >= 15 is 0 Å². The van der Waals surface area contributed by atoms with Crippen molar-refractivity contribution in [3.8, 4) is 5.75 Å². The highest BCUT2D eigenvalue weighted by molar-refractivity contribution is 5.78. The molecular weight excluding hydrogens is 366 g/mol. The van der Waals surface area contributed by atoms with E-state index in [1.807, 2.05) is 38.1 Å². The van der Waals surface area contributed by atoms with Gasteiger partial charge in [0.25, 0.3) is 0 Å². The number of aryl methyl sites for hydroxylation is 1. The van der Waals surface area contributed by atoms with E-state index in [2.05, 4.69) is 29.2 Å². The van der Waals surface area contributed by atoms with Crippen LogP contribution in [0.4, 0.5) is 5.69 Å². The Morgan fingerprint density at radius 1 is 1.14 bits per heavy atom. The number of aliphatic carboxylic acids is 1. The molecule has 0 spiro atoms. The highest BCUT2D eigenvalue weighted by Crippen LogP contribution is 2.27. The van der Waals surface area contributed by atoms with Crippen molar-refractivity contribution in [3.63, 3.8) is 0 Å². The minimum atomic E-state index is -1.17. The van der Waals surface area contributed by atoms with E-state index in [9.17, 15) is 9.90 Å². The molecule has 0 saturated heterocycles. The lowest BCUT2D eigenvalue weighted by Gasteiger charge is -2.31. The number of carboxylic acids is 1. The number of ether oxygens (including phenoxy) is 2. The van der Waals surface area contributed by atoms with E-state index in [1.165, 1.54) is 17.7 Å². The van der Waals surface area contributed by atoms with Crippen LogP contribution in [0.3, 0.4) is 0 Å². The van der Waals surface area contributed by atoms with Gasteiger partial charge in [0.1, 0.15) is 12.4 Å². The summed E-state index contributed by atoms with van der Waals surface area (Å²) >= 11 is 0. The van der Waals surface area contributed by atoms with Crippen LogP contribution < -0.4 is 9.64 Å². The molecule has 0 radical (unpaired) electrons. The summed E-state index contributed by atoms with van der Waals surface area (Å²) in [6.45, 7) is 6.57. The van der Waals surface area contributed by atoms with E-state index in [-0.39, 0.29) is 0 Å². The summed E-state index contributed by atoms with van der Waals surface area (Å²) in [5, 5.41) is 9.63. The Kier molecular flexibility index (Phi) is 7.15. The van der Waals surface area contributed by atoms with Gasteiger partial charge in [0.2, 0.25) is 0 Å². The number of anilines is 1. The van der Waals surface area contributed by atoms with E-state index in [4.69, 9.17) is 9.47 Å². The van der Waals surface area contributed by atoms with Gasteiger partial charge < -0.3 is 19.5 Å². The molecule has 156 valence electrons. The standard InChI is InChI=1S/C24H31NO4/c1-3-24(23(26)27,29-4-2)18-19-11-13-21(14-12-19)28-17-16-25-15-7-9-20-8-5-6-10-22(20)25/h5-6,8,10-14H,3-4,7,9,15-18H2,1-2H3,(H,26,27)/t24-/m0/s1. The smallest absolute Gasteiger partial charge is 0.336 e. The second-order valence-electron chi connectivity index (χ2n) is 7.47. The van der Waals surface area contributed by atoms with Gasteiger partial charge in [-0.2, -0.15) is 0 Å². The third-order valence-corrected chi connectivity index (χ3v) is 5.63. The summed E-state index contributed by atoms with van der Waals surface area (Å²) in [5.74, 6) is -0.114. The maximum atomic E-state index is 11.7. The fourth-order valence-electron chi connectivity index (χ4n) is 3.99. The number of benzene rings is 2. The molecule has 0 amide bonds. The summed E-state index contributed by atoms with van der Waals surface area (Å²) in [6, 6.07) is 16.3. The largest absolute Gasteiger partial charge is 0.492 e. The van der Waals surface area contributed by atoms with E-state index in [1.54, 1.807) is 0 Å². The summed E-state index contributed by atoms with van der Waals surface area (Å²) in [4.78, 5) is 14.1. The molecule has 5 heteroatoms. The molecule has 0 saturated carbocycles. The Morgan fingerprint density at radius 2 is 1.90 bits per heavy atom. The molecule has 0 fully saturated rings. The SMILES string of the molecule is CCO[C@@](CC)(Cc1ccc(OCCN2CCCc3ccccc32)cc1)C(=O)O. The van der Waals surface area contributed by atoms with Crippen molar-refractivity contribution in [1.82, 2.24) is 0 Å². The van der Waals surface area contributed by atoms with Crippen LogP contribution in [0.25, 0.3) is 0 Å². The predicted octanol–water partition coefficient (Wildman–Crippen LogP) is 4.33. The lowest BCUT2D eigenvalue weighted by atomic mass is 9.91. The van der Waals surface area contributed by atoms with Crippen LogP contribution in [-0.4, -0.2) is 43.0 Å². The Balaban J connectivity index is 1.55. The zero-order chi connectivity index (χ0) is 20.7. The van der Waals surface area contributed by atoms with Crippen molar-refractivity contribution in [2.75, 3.05) is 31.2 Å². The molecule has 0 unspecified atom stereocenters. The number of nitrogens with zero attached hydrogens (tertiary/aromatic N) is 1. The van der Waals surface area contributed by atoms with Crippen LogP contribution in [0.1, 0.15) is 37.8 Å². The van der Waals surface area contributed by atoms with Crippen molar-refractivity contribution in [1.29, 1.82) is 0 Å². The molecule has 29 heavy (non-hydrogen) atoms. The van der Waals surface area contributed by atoms with Crippen molar-refractivity contribution in [2.45, 2.75) is 45.1 Å². The quantitative estimate of drug-likeness (QED) is 0.647. The average molecular weight is 398 g/mol. The van der Waals surface area contributed by atoms with Gasteiger partial charge in [-0.15, -0.1) is 0 Å². The average Bonchev–Trinajstić information content (AvgIpc) is 2.74. The fraction of sp³-hybridized carbons (Fsp3) is 0.458. The van der Waals surface area contributed by atoms with Gasteiger partial charge >= 0.3 is 5.97 Å². The lowest BCUT2D eigenvalue weighted by Crippen LogP contribution is -2.43. The molecule has 2 aromatic rings. The van der Waals surface area contributed by atoms with E-state index < -0.39 is 11.6 Å². The molecule has 3 rings (SSSR count). The van der Waals surface area contributed by atoms with Gasteiger partial charge in [0.05, 0.1) is 6.54 Å². The lowest BCUT2D eigenvalue weighted by molar-refractivity contribution is -0.166. The summed E-state index contributed by atoms with van der Waals surface area (Å²) in [6.07, 6.45) is 3.09. The predicted molar refractivity (Wildman–Crippen MR) is 115 cm³/mol. The first kappa shape index (κ1) is 21.2. The number of carbonyl (C=O) groups is 1. The molecule has 1 atom stereocenters. The topological polar surface area (TPSA) is 59.0 Å². The van der Waals surface area contributed by atoms with Crippen molar-refractivity contribution < 1.29 is 19.4 Å². The first-order valence-electron chi connectivity index (χ1n) is 10.5. The highest BCUT2D eigenvalue weighted by atomic mass is 16.5. The second kappa shape index (κ2) is 9.79. The number of fused-ring (bicyclic) bond motifs is 1. The van der Waals surface area contributed by atoms with Gasteiger partial charge in [-0.05, 0) is 55.5 Å². The monoisotopic (exact) mass is 397 g/mol. The first-order chi connectivity index (χ1) is 14.1. The molecule has 0 aliphatic carbocycles. The molecule has 1 N–H and O–H groups in total. The van der Waals surface area contributed by atoms with Crippen LogP contribution in [-0.2, 0) is 22.4 Å². The van der Waals surface area contributed by atoms with Crippen molar-refractivity contribution in [3.05, 3.63) is 59.7 Å². The zero-order valence-electron chi connectivity index (χ0n) is 17.4. The van der Waals surface area contributed by atoms with Crippen LogP contribution in [0, 0.1) is 0 Å². The highest BCUT2D eigenvalue weighted by Gasteiger charge is 2.37. The Bertz CT molecular complexity index is 805. The maximum absolute atomic E-state index is 11.7. The third kappa shape index (κ3) is 5.10. The molecule has 1 aliphatic heterocycles. The summed E-state index contributed by atoms with van der Waals surface area (Å²) < 4.78 is 11.5. The van der Waals surface area contributed by atoms with Crippen molar-refractivity contribution >= 4 is 11.7 Å².